The summed E-state index contributed by atoms with van der Waals surface area (Å²) in [5.74, 6) is 1.86. The summed E-state index contributed by atoms with van der Waals surface area (Å²) in [5.41, 5.74) is -0.0633. The largest absolute Gasteiger partial charge is 1.00 e. The Kier molecular flexibility index (Phi) is 18.3. The van der Waals surface area contributed by atoms with Crippen molar-refractivity contribution in [2.75, 3.05) is 0 Å². The number of halogens is 1. The van der Waals surface area contributed by atoms with Gasteiger partial charge in [-0.3, -0.25) is 0 Å². The maximum absolute atomic E-state index is 12.4. The molecule has 270 valence electrons. The minimum atomic E-state index is -3.82. The SMILES string of the molecule is CC(C)(C)OC(=O)NS(=O)(=O)C1CC1.Cc1cc(CC2(S(=O)(=O)NC(=O)OC(C)(C)C)CC2)no1.Cc1cc(CCl)no1.[CH2-]CCC.[Li+]. The van der Waals surface area contributed by atoms with E-state index in [1.807, 2.05) is 22.4 Å². The quantitative estimate of drug-likeness (QED) is 0.229. The molecule has 2 amide bonds. The number of aryl methyl sites for hydroxylation is 2. The van der Waals surface area contributed by atoms with Gasteiger partial charge in [-0.25, -0.2) is 35.9 Å². The molecule has 4 rings (SSSR count). The number of alkyl halides is 1. The number of sulfonamides is 2. The number of carbonyl (C=O) groups is 2. The molecule has 14 nitrogen and oxygen atoms in total. The normalized spacial score (nSPS) is 15.0. The van der Waals surface area contributed by atoms with E-state index in [4.69, 9.17) is 30.1 Å². The summed E-state index contributed by atoms with van der Waals surface area (Å²) in [6.45, 7) is 19.3. The molecular weight excluding hydrogens is 683 g/mol. The van der Waals surface area contributed by atoms with Crippen LogP contribution in [-0.4, -0.2) is 60.5 Å². The van der Waals surface area contributed by atoms with E-state index in [2.05, 4.69) is 24.2 Å². The van der Waals surface area contributed by atoms with Crippen molar-refractivity contribution in [3.05, 3.63) is 42.0 Å². The van der Waals surface area contributed by atoms with Crippen LogP contribution >= 0.6 is 11.6 Å². The van der Waals surface area contributed by atoms with Crippen LogP contribution in [0, 0.1) is 20.8 Å². The van der Waals surface area contributed by atoms with E-state index in [0.29, 0.717) is 43.0 Å². The minimum Gasteiger partial charge on any atom is -0.443 e. The molecule has 18 heteroatoms. The Morgan fingerprint density at radius 2 is 1.33 bits per heavy atom. The van der Waals surface area contributed by atoms with Gasteiger partial charge in [-0.15, -0.1) is 11.6 Å². The van der Waals surface area contributed by atoms with Crippen LogP contribution in [0.5, 0.6) is 0 Å². The van der Waals surface area contributed by atoms with E-state index < -0.39 is 53.4 Å². The van der Waals surface area contributed by atoms with Crippen molar-refractivity contribution in [1.29, 1.82) is 0 Å². The summed E-state index contributed by atoms with van der Waals surface area (Å²) in [6, 6.07) is 3.51. The first kappa shape index (κ1) is 45.7. The smallest absolute Gasteiger partial charge is 0.443 e. The molecule has 0 aliphatic heterocycles. The molecule has 2 aromatic heterocycles. The van der Waals surface area contributed by atoms with Gasteiger partial charge in [0.1, 0.15) is 22.7 Å². The van der Waals surface area contributed by atoms with Crippen LogP contribution in [0.15, 0.2) is 21.2 Å². The summed E-state index contributed by atoms with van der Waals surface area (Å²) in [7, 11) is -7.30. The van der Waals surface area contributed by atoms with Crippen molar-refractivity contribution in [3.8, 4) is 0 Å². The minimum absolute atomic E-state index is 0. The van der Waals surface area contributed by atoms with Crippen LogP contribution in [0.2, 0.25) is 0 Å². The van der Waals surface area contributed by atoms with Crippen LogP contribution in [-0.2, 0) is 41.8 Å². The number of rotatable bonds is 8. The molecule has 0 unspecified atom stereocenters. The summed E-state index contributed by atoms with van der Waals surface area (Å²) >= 11 is 5.42. The summed E-state index contributed by atoms with van der Waals surface area (Å²) < 4.78 is 69.6. The first-order valence-electron chi connectivity index (χ1n) is 15.2. The predicted octanol–water partition coefficient (Wildman–Crippen LogP) is 3.26. The van der Waals surface area contributed by atoms with Gasteiger partial charge in [-0.05, 0) is 81.1 Å². The number of hydrogen-bond acceptors (Lipinski definition) is 12. The molecule has 2 aromatic rings. The fourth-order valence-electron chi connectivity index (χ4n) is 3.39. The van der Waals surface area contributed by atoms with Gasteiger partial charge in [-0.1, -0.05) is 23.7 Å². The van der Waals surface area contributed by atoms with Crippen molar-refractivity contribution >= 4 is 43.8 Å². The topological polar surface area (TPSA) is 197 Å². The number of aromatic nitrogens is 2. The van der Waals surface area contributed by atoms with Crippen LogP contribution < -0.4 is 28.3 Å². The number of nitrogens with one attached hydrogen (secondary N) is 2. The Bertz CT molecular complexity index is 1500. The fourth-order valence-corrected chi connectivity index (χ4v) is 6.16. The van der Waals surface area contributed by atoms with E-state index in [1.54, 1.807) is 54.5 Å². The molecule has 0 bridgehead atoms. The second kappa shape index (κ2) is 19.2. The van der Waals surface area contributed by atoms with Gasteiger partial charge in [-0.2, -0.15) is 6.42 Å². The van der Waals surface area contributed by atoms with Gasteiger partial charge >= 0.3 is 31.0 Å². The number of nitrogens with zero attached hydrogens (tertiary/aromatic N) is 2. The molecule has 2 N–H and O–H groups in total. The first-order chi connectivity index (χ1) is 21.5. The maximum atomic E-state index is 12.4. The molecule has 0 radical (unpaired) electrons. The third kappa shape index (κ3) is 17.9. The second-order valence-corrected chi connectivity index (χ2v) is 17.5. The van der Waals surface area contributed by atoms with E-state index in [0.717, 1.165) is 17.9 Å². The maximum Gasteiger partial charge on any atom is 1.00 e. The van der Waals surface area contributed by atoms with Gasteiger partial charge in [0.05, 0.1) is 27.3 Å². The predicted molar refractivity (Wildman–Crippen MR) is 178 cm³/mol. The molecule has 2 fully saturated rings. The Morgan fingerprint density at radius 1 is 0.917 bits per heavy atom. The van der Waals surface area contributed by atoms with Gasteiger partial charge < -0.3 is 25.4 Å². The summed E-state index contributed by atoms with van der Waals surface area (Å²) in [5, 5.41) is 7.03. The van der Waals surface area contributed by atoms with Gasteiger partial charge in [0, 0.05) is 18.6 Å². The van der Waals surface area contributed by atoms with Crippen molar-refractivity contribution < 1.29 is 63.8 Å². The van der Waals surface area contributed by atoms with E-state index in [9.17, 15) is 26.4 Å². The Balaban J connectivity index is 0.000000703. The average molecular weight is 733 g/mol. The number of ether oxygens (including phenoxy) is 2. The van der Waals surface area contributed by atoms with Gasteiger partial charge in [0.25, 0.3) is 0 Å². The molecule has 0 saturated heterocycles. The number of amides is 2. The van der Waals surface area contributed by atoms with Crippen molar-refractivity contribution in [1.82, 2.24) is 19.8 Å². The Labute approximate surface area is 302 Å². The van der Waals surface area contributed by atoms with Crippen molar-refractivity contribution in [2.24, 2.45) is 0 Å². The fraction of sp³-hybridized carbons (Fsp3) is 0.700. The number of unbranched alkanes of at least 4 members (excludes halogenated alkanes) is 1. The van der Waals surface area contributed by atoms with Crippen LogP contribution in [0.25, 0.3) is 0 Å². The summed E-state index contributed by atoms with van der Waals surface area (Å²) in [4.78, 5) is 22.8. The third-order valence-corrected chi connectivity index (χ3v) is 10.1. The number of hydrogen-bond donors (Lipinski definition) is 2. The zero-order chi connectivity index (χ0) is 36.3. The van der Waals surface area contributed by atoms with Crippen molar-refractivity contribution in [3.63, 3.8) is 0 Å². The standard InChI is InChI=1S/C13H20N2O5S.C8H15NO4S.C5H6ClNO.C4H9.Li/c1-9-7-10(14-20-9)8-13(5-6-13)21(17,18)15-11(16)19-12(2,3)4;1-8(2,3)13-7(10)9-14(11,12)6-4-5-6;1-4-2-5(3-6)7-8-4;1-3-4-2;/h7H,5-6,8H2,1-4H3,(H,15,16);6H,4-5H2,1-3H3,(H,9,10);2H,3H2,1H3;1,3-4H2,2H3;/q;;;-1;+1. The van der Waals surface area contributed by atoms with Crippen LogP contribution in [0.4, 0.5) is 9.59 Å². The van der Waals surface area contributed by atoms with E-state index >= 15 is 0 Å². The number of carbonyl (C=O) groups excluding carboxylic acids is 2. The molecule has 0 spiro atoms. The zero-order valence-electron chi connectivity index (χ0n) is 29.8. The van der Waals surface area contributed by atoms with Crippen LogP contribution in [0.3, 0.4) is 0 Å². The third-order valence-electron chi connectivity index (χ3n) is 5.93. The molecule has 2 aliphatic rings. The van der Waals surface area contributed by atoms with E-state index in [-0.39, 0.29) is 25.3 Å². The Hall–Kier alpha value is -2.25. The Morgan fingerprint density at radius 3 is 1.62 bits per heavy atom. The molecule has 48 heavy (non-hydrogen) atoms. The molecule has 2 aliphatic carbocycles. The molecule has 2 saturated carbocycles. The molecular formula is C30H50ClLiN4O10S2. The van der Waals surface area contributed by atoms with Crippen LogP contribution in [0.1, 0.15) is 110 Å². The molecule has 0 aromatic carbocycles. The van der Waals surface area contributed by atoms with Gasteiger partial charge in [0.15, 0.2) is 0 Å². The summed E-state index contributed by atoms with van der Waals surface area (Å²) in [6.07, 6.45) is 2.86. The second-order valence-electron chi connectivity index (χ2n) is 13.2. The average Bonchev–Trinajstić information content (AvgIpc) is 3.82. The van der Waals surface area contributed by atoms with Crippen molar-refractivity contribution in [2.45, 2.75) is 134 Å². The first-order valence-corrected chi connectivity index (χ1v) is 18.7. The monoisotopic (exact) mass is 732 g/mol. The van der Waals surface area contributed by atoms with E-state index in [1.165, 1.54) is 6.42 Å². The zero-order valence-corrected chi connectivity index (χ0v) is 32.2. The van der Waals surface area contributed by atoms with Gasteiger partial charge in [0.2, 0.25) is 20.0 Å². The molecule has 0 atom stereocenters. The molecule has 2 heterocycles.